The number of fused-ring (bicyclic) bond motifs is 1. The standard InChI is InChI=1S/C17H12ClF2N3O3/c18-11-7-10(5-6-14(11)26-17(19)20)22-15(24)9-23-13-4-2-1-3-12(13)21-8-16(23)25/h1-8,17H,9H2,(H,22,24). The molecule has 0 spiro atoms. The molecule has 3 rings (SSSR count). The van der Waals surface area contributed by atoms with E-state index < -0.39 is 18.1 Å². The number of alkyl halides is 2. The van der Waals surface area contributed by atoms with Gasteiger partial charge in [-0.05, 0) is 30.3 Å². The van der Waals surface area contributed by atoms with Crippen LogP contribution in [0.2, 0.25) is 5.02 Å². The summed E-state index contributed by atoms with van der Waals surface area (Å²) < 4.78 is 30.0. The second-order valence-electron chi connectivity index (χ2n) is 5.24. The molecule has 26 heavy (non-hydrogen) atoms. The number of anilines is 1. The largest absolute Gasteiger partial charge is 0.433 e. The Balaban J connectivity index is 1.79. The van der Waals surface area contributed by atoms with Gasteiger partial charge < -0.3 is 10.1 Å². The molecule has 3 aromatic rings. The highest BCUT2D eigenvalue weighted by atomic mass is 35.5. The maximum atomic E-state index is 12.3. The highest BCUT2D eigenvalue weighted by Crippen LogP contribution is 2.28. The van der Waals surface area contributed by atoms with Crippen molar-refractivity contribution in [2.75, 3.05) is 5.32 Å². The fraction of sp³-hybridized carbons (Fsp3) is 0.118. The van der Waals surface area contributed by atoms with E-state index in [-0.39, 0.29) is 23.0 Å². The summed E-state index contributed by atoms with van der Waals surface area (Å²) in [5.41, 5.74) is 0.968. The summed E-state index contributed by atoms with van der Waals surface area (Å²) >= 11 is 5.85. The van der Waals surface area contributed by atoms with Gasteiger partial charge in [0.25, 0.3) is 5.56 Å². The van der Waals surface area contributed by atoms with E-state index in [4.69, 9.17) is 11.6 Å². The Bertz CT molecular complexity index is 1020. The zero-order chi connectivity index (χ0) is 18.7. The van der Waals surface area contributed by atoms with Crippen molar-refractivity contribution in [2.24, 2.45) is 0 Å². The van der Waals surface area contributed by atoms with Crippen molar-refractivity contribution in [3.8, 4) is 5.75 Å². The van der Waals surface area contributed by atoms with Crippen molar-refractivity contribution in [2.45, 2.75) is 13.2 Å². The number of nitrogens with zero attached hydrogens (tertiary/aromatic N) is 2. The smallest absolute Gasteiger partial charge is 0.387 e. The summed E-state index contributed by atoms with van der Waals surface area (Å²) in [5.74, 6) is -0.682. The maximum Gasteiger partial charge on any atom is 0.387 e. The van der Waals surface area contributed by atoms with Crippen molar-refractivity contribution in [1.82, 2.24) is 9.55 Å². The summed E-state index contributed by atoms with van der Waals surface area (Å²) in [6, 6.07) is 10.8. The van der Waals surface area contributed by atoms with Crippen LogP contribution in [0.3, 0.4) is 0 Å². The summed E-state index contributed by atoms with van der Waals surface area (Å²) in [7, 11) is 0. The highest BCUT2D eigenvalue weighted by Gasteiger charge is 2.12. The number of para-hydroxylation sites is 2. The first-order valence-electron chi connectivity index (χ1n) is 7.43. The predicted octanol–water partition coefficient (Wildman–Crippen LogP) is 3.29. The minimum atomic E-state index is -3.00. The SMILES string of the molecule is O=C(Cn1c(=O)cnc2ccccc21)Nc1ccc(OC(F)F)c(Cl)c1. The van der Waals surface area contributed by atoms with Crippen LogP contribution < -0.4 is 15.6 Å². The molecule has 0 atom stereocenters. The monoisotopic (exact) mass is 379 g/mol. The third kappa shape index (κ3) is 3.97. The molecule has 0 saturated carbocycles. The number of halogens is 3. The highest BCUT2D eigenvalue weighted by molar-refractivity contribution is 6.32. The molecule has 0 radical (unpaired) electrons. The minimum absolute atomic E-state index is 0.0744. The van der Waals surface area contributed by atoms with E-state index in [9.17, 15) is 18.4 Å². The van der Waals surface area contributed by atoms with E-state index >= 15 is 0 Å². The molecule has 1 amide bonds. The molecule has 0 aliphatic rings. The molecule has 0 aliphatic heterocycles. The number of amides is 1. The Morgan fingerprint density at radius 1 is 1.27 bits per heavy atom. The predicted molar refractivity (Wildman–Crippen MR) is 92.7 cm³/mol. The number of hydrogen-bond donors (Lipinski definition) is 1. The zero-order valence-corrected chi connectivity index (χ0v) is 13.9. The van der Waals surface area contributed by atoms with Crippen molar-refractivity contribution in [3.05, 3.63) is 64.0 Å². The molecule has 1 N–H and O–H groups in total. The molecule has 9 heteroatoms. The van der Waals surface area contributed by atoms with Gasteiger partial charge >= 0.3 is 6.61 Å². The first-order chi connectivity index (χ1) is 12.4. The number of aromatic nitrogens is 2. The first-order valence-corrected chi connectivity index (χ1v) is 7.80. The van der Waals surface area contributed by atoms with Crippen LogP contribution in [0, 0.1) is 0 Å². The fourth-order valence-corrected chi connectivity index (χ4v) is 2.62. The van der Waals surface area contributed by atoms with Crippen LogP contribution in [0.25, 0.3) is 11.0 Å². The quantitative estimate of drug-likeness (QED) is 0.738. The van der Waals surface area contributed by atoms with Crippen LogP contribution >= 0.6 is 11.6 Å². The lowest BCUT2D eigenvalue weighted by atomic mass is 10.3. The van der Waals surface area contributed by atoms with E-state index in [2.05, 4.69) is 15.0 Å². The van der Waals surface area contributed by atoms with Crippen LogP contribution in [0.5, 0.6) is 5.75 Å². The second kappa shape index (κ2) is 7.49. The number of rotatable bonds is 5. The Hall–Kier alpha value is -3.00. The number of nitrogens with one attached hydrogen (secondary N) is 1. The van der Waals surface area contributed by atoms with Crippen LogP contribution in [-0.4, -0.2) is 22.1 Å². The van der Waals surface area contributed by atoms with Gasteiger partial charge in [-0.15, -0.1) is 0 Å². The van der Waals surface area contributed by atoms with Crippen molar-refractivity contribution < 1.29 is 18.3 Å². The van der Waals surface area contributed by atoms with Gasteiger partial charge in [-0.3, -0.25) is 14.2 Å². The molecular weight excluding hydrogens is 368 g/mol. The fourth-order valence-electron chi connectivity index (χ4n) is 2.39. The molecule has 0 fully saturated rings. The van der Waals surface area contributed by atoms with Gasteiger partial charge in [0.05, 0.1) is 22.3 Å². The minimum Gasteiger partial charge on any atom is -0.433 e. The van der Waals surface area contributed by atoms with Crippen molar-refractivity contribution in [1.29, 1.82) is 0 Å². The van der Waals surface area contributed by atoms with Crippen molar-refractivity contribution in [3.63, 3.8) is 0 Å². The molecule has 0 unspecified atom stereocenters. The topological polar surface area (TPSA) is 73.2 Å². The van der Waals surface area contributed by atoms with Gasteiger partial charge in [0.15, 0.2) is 0 Å². The Morgan fingerprint density at radius 2 is 2.04 bits per heavy atom. The van der Waals surface area contributed by atoms with Crippen LogP contribution in [0.4, 0.5) is 14.5 Å². The molecule has 6 nitrogen and oxygen atoms in total. The summed E-state index contributed by atoms with van der Waals surface area (Å²) in [4.78, 5) is 28.3. The van der Waals surface area contributed by atoms with E-state index in [1.165, 1.54) is 22.8 Å². The molecule has 1 aromatic heterocycles. The molecule has 0 saturated heterocycles. The number of hydrogen-bond acceptors (Lipinski definition) is 4. The Morgan fingerprint density at radius 3 is 2.77 bits per heavy atom. The van der Waals surface area contributed by atoms with E-state index in [0.29, 0.717) is 11.0 Å². The van der Waals surface area contributed by atoms with E-state index in [0.717, 1.165) is 6.20 Å². The lowest BCUT2D eigenvalue weighted by Gasteiger charge is -2.11. The Kier molecular flexibility index (Phi) is 5.13. The average molecular weight is 380 g/mol. The lowest BCUT2D eigenvalue weighted by molar-refractivity contribution is -0.116. The van der Waals surface area contributed by atoms with Crippen molar-refractivity contribution >= 4 is 34.2 Å². The van der Waals surface area contributed by atoms with Gasteiger partial charge in [-0.2, -0.15) is 8.78 Å². The normalized spacial score (nSPS) is 10.9. The number of carbonyl (C=O) groups is 1. The summed E-state index contributed by atoms with van der Waals surface area (Å²) in [5, 5.41) is 2.48. The van der Waals surface area contributed by atoms with Gasteiger partial charge in [-0.1, -0.05) is 23.7 Å². The van der Waals surface area contributed by atoms with Gasteiger partial charge in [-0.25, -0.2) is 4.98 Å². The van der Waals surface area contributed by atoms with E-state index in [1.807, 2.05) is 0 Å². The third-order valence-corrected chi connectivity index (χ3v) is 3.78. The van der Waals surface area contributed by atoms with Crippen LogP contribution in [0.15, 0.2) is 53.5 Å². The van der Waals surface area contributed by atoms with Crippen LogP contribution in [-0.2, 0) is 11.3 Å². The molecule has 134 valence electrons. The zero-order valence-electron chi connectivity index (χ0n) is 13.2. The number of carbonyl (C=O) groups excluding carboxylic acids is 1. The Labute approximate surface area is 151 Å². The molecule has 0 aliphatic carbocycles. The van der Waals surface area contributed by atoms with Gasteiger partial charge in [0, 0.05) is 5.69 Å². The summed E-state index contributed by atoms with van der Waals surface area (Å²) in [6.07, 6.45) is 1.14. The van der Waals surface area contributed by atoms with Gasteiger partial charge in [0.2, 0.25) is 5.91 Å². The second-order valence-corrected chi connectivity index (χ2v) is 5.65. The first kappa shape index (κ1) is 17.8. The molecule has 1 heterocycles. The van der Waals surface area contributed by atoms with Gasteiger partial charge in [0.1, 0.15) is 12.3 Å². The number of benzene rings is 2. The average Bonchev–Trinajstić information content (AvgIpc) is 2.59. The maximum absolute atomic E-state index is 12.3. The third-order valence-electron chi connectivity index (χ3n) is 3.49. The van der Waals surface area contributed by atoms with E-state index in [1.54, 1.807) is 24.3 Å². The molecule has 2 aromatic carbocycles. The summed E-state index contributed by atoms with van der Waals surface area (Å²) in [6.45, 7) is -3.24. The molecular formula is C17H12ClF2N3O3. The lowest BCUT2D eigenvalue weighted by Crippen LogP contribution is -2.28. The molecule has 0 bridgehead atoms. The van der Waals surface area contributed by atoms with Crippen LogP contribution in [0.1, 0.15) is 0 Å². The number of ether oxygens (including phenoxy) is 1.